The van der Waals surface area contributed by atoms with Crippen molar-refractivity contribution in [3.63, 3.8) is 0 Å². The van der Waals surface area contributed by atoms with E-state index in [1.165, 1.54) is 12.1 Å². The lowest BCUT2D eigenvalue weighted by Gasteiger charge is -2.19. The smallest absolute Gasteiger partial charge is 0.407 e. The van der Waals surface area contributed by atoms with E-state index in [-0.39, 0.29) is 57.2 Å². The molecule has 1 unspecified atom stereocenters. The number of halogens is 2. The number of aromatic carboxylic acids is 1. The zero-order valence-corrected chi connectivity index (χ0v) is 22.8. The molecule has 1 aromatic heterocycles. The van der Waals surface area contributed by atoms with Crippen LogP contribution in [0, 0.1) is 0 Å². The molecular weight excluding hydrogens is 565 g/mol. The number of hydrogen-bond donors (Lipinski definition) is 5. The molecule has 40 heavy (non-hydrogen) atoms. The second-order valence-electron chi connectivity index (χ2n) is 8.35. The van der Waals surface area contributed by atoms with Crippen LogP contribution < -0.4 is 16.0 Å². The van der Waals surface area contributed by atoms with Crippen molar-refractivity contribution < 1.29 is 38.5 Å². The van der Waals surface area contributed by atoms with Crippen LogP contribution >= 0.6 is 23.2 Å². The Balaban J connectivity index is 1.64. The summed E-state index contributed by atoms with van der Waals surface area (Å²) in [5.41, 5.74) is 0.691. The Kier molecular flexibility index (Phi) is 12.3. The number of aliphatic hydroxyl groups is 1. The van der Waals surface area contributed by atoms with Crippen LogP contribution in [0.5, 0.6) is 0 Å². The van der Waals surface area contributed by atoms with E-state index in [0.717, 1.165) is 0 Å². The molecular formula is C27H29Cl2N3O8. The van der Waals surface area contributed by atoms with Crippen LogP contribution in [0.4, 0.5) is 10.5 Å². The zero-order valence-electron chi connectivity index (χ0n) is 21.3. The van der Waals surface area contributed by atoms with E-state index in [0.29, 0.717) is 27.1 Å². The summed E-state index contributed by atoms with van der Waals surface area (Å²) in [4.78, 5) is 36.7. The Morgan fingerprint density at radius 2 is 1.80 bits per heavy atom. The number of carbonyl (C=O) groups excluding carboxylic acids is 2. The second kappa shape index (κ2) is 15.8. The van der Waals surface area contributed by atoms with Crippen molar-refractivity contribution in [3.8, 4) is 11.3 Å². The van der Waals surface area contributed by atoms with Gasteiger partial charge in [-0.25, -0.2) is 9.59 Å². The minimum atomic E-state index is -1.18. The molecule has 0 fully saturated rings. The lowest BCUT2D eigenvalue weighted by atomic mass is 10.1. The summed E-state index contributed by atoms with van der Waals surface area (Å²) in [7, 11) is 0. The lowest BCUT2D eigenvalue weighted by molar-refractivity contribution is -0.118. The van der Waals surface area contributed by atoms with Gasteiger partial charge in [-0.1, -0.05) is 35.3 Å². The predicted molar refractivity (Wildman–Crippen MR) is 149 cm³/mol. The quantitative estimate of drug-likeness (QED) is 0.163. The molecule has 1 heterocycles. The van der Waals surface area contributed by atoms with Gasteiger partial charge in [0, 0.05) is 17.1 Å². The van der Waals surface area contributed by atoms with Gasteiger partial charge in [-0.05, 0) is 48.9 Å². The number of aliphatic hydroxyl groups excluding tert-OH is 1. The Morgan fingerprint density at radius 1 is 1.00 bits per heavy atom. The monoisotopic (exact) mass is 593 g/mol. The van der Waals surface area contributed by atoms with Crippen LogP contribution in [0.2, 0.25) is 10.0 Å². The molecule has 0 aliphatic rings. The Morgan fingerprint density at radius 3 is 2.58 bits per heavy atom. The van der Waals surface area contributed by atoms with Gasteiger partial charge in [0.05, 0.1) is 48.7 Å². The number of alkyl carbamates (subject to hydrolysis) is 1. The van der Waals surface area contributed by atoms with E-state index >= 15 is 0 Å². The highest BCUT2D eigenvalue weighted by Gasteiger charge is 2.21. The third-order valence-corrected chi connectivity index (χ3v) is 6.07. The molecule has 0 aliphatic carbocycles. The van der Waals surface area contributed by atoms with E-state index in [1.807, 2.05) is 0 Å². The molecule has 3 rings (SSSR count). The molecule has 1 atom stereocenters. The van der Waals surface area contributed by atoms with E-state index in [4.69, 9.17) is 42.2 Å². The number of ether oxygens (including phenoxy) is 2. The fourth-order valence-corrected chi connectivity index (χ4v) is 3.96. The molecule has 0 saturated carbocycles. The van der Waals surface area contributed by atoms with Crippen LogP contribution in [-0.4, -0.2) is 67.2 Å². The largest absolute Gasteiger partial charge is 0.478 e. The first-order valence-electron chi connectivity index (χ1n) is 12.3. The number of amides is 2. The van der Waals surface area contributed by atoms with E-state index < -0.39 is 24.0 Å². The lowest BCUT2D eigenvalue weighted by Crippen LogP contribution is -2.43. The summed E-state index contributed by atoms with van der Waals surface area (Å²) < 4.78 is 15.9. The predicted octanol–water partition coefficient (Wildman–Crippen LogP) is 4.17. The molecule has 214 valence electrons. The van der Waals surface area contributed by atoms with Gasteiger partial charge in [-0.15, -0.1) is 0 Å². The van der Waals surface area contributed by atoms with Crippen molar-refractivity contribution in [2.24, 2.45) is 0 Å². The molecule has 11 nitrogen and oxygen atoms in total. The van der Waals surface area contributed by atoms with Crippen molar-refractivity contribution in [1.82, 2.24) is 10.6 Å². The van der Waals surface area contributed by atoms with Gasteiger partial charge in [-0.3, -0.25) is 10.1 Å². The molecule has 2 aromatic carbocycles. The normalized spacial score (nSPS) is 11.6. The van der Waals surface area contributed by atoms with Crippen molar-refractivity contribution in [2.45, 2.75) is 19.0 Å². The van der Waals surface area contributed by atoms with Gasteiger partial charge >= 0.3 is 12.1 Å². The molecule has 2 amide bonds. The van der Waals surface area contributed by atoms with Crippen LogP contribution in [0.1, 0.15) is 22.5 Å². The number of rotatable bonds is 15. The van der Waals surface area contributed by atoms with E-state index in [2.05, 4.69) is 16.0 Å². The van der Waals surface area contributed by atoms with Crippen LogP contribution in [-0.2, 0) is 20.8 Å². The first-order chi connectivity index (χ1) is 19.3. The van der Waals surface area contributed by atoms with Crippen molar-refractivity contribution >= 4 is 46.9 Å². The fraction of sp³-hybridized carbons (Fsp3) is 0.296. The van der Waals surface area contributed by atoms with Gasteiger partial charge in [0.25, 0.3) is 0 Å². The molecule has 0 bridgehead atoms. The molecule has 0 aliphatic heterocycles. The van der Waals surface area contributed by atoms with Crippen molar-refractivity contribution in [2.75, 3.05) is 38.3 Å². The molecule has 0 saturated heterocycles. The molecule has 0 radical (unpaired) electrons. The zero-order chi connectivity index (χ0) is 28.9. The van der Waals surface area contributed by atoms with E-state index in [9.17, 15) is 19.5 Å². The maximum atomic E-state index is 13.2. The number of anilines is 1. The summed E-state index contributed by atoms with van der Waals surface area (Å²) in [5, 5.41) is 27.4. The molecule has 0 spiro atoms. The maximum absolute atomic E-state index is 13.2. The number of hydrogen-bond acceptors (Lipinski definition) is 8. The molecule has 3 aromatic rings. The fourth-order valence-electron chi connectivity index (χ4n) is 3.58. The van der Waals surface area contributed by atoms with Crippen LogP contribution in [0.3, 0.4) is 0 Å². The highest BCUT2D eigenvalue weighted by atomic mass is 35.5. The van der Waals surface area contributed by atoms with Gasteiger partial charge in [0.15, 0.2) is 0 Å². The summed E-state index contributed by atoms with van der Waals surface area (Å²) in [6.45, 7) is 0.356. The SMILES string of the molecule is O=C(NCCC(NCc1ccc(-c2cc(Cl)ccc2Cl)o1)C(=O)Nc1ccccc1C(=O)O)OCCOCCO. The second-order valence-corrected chi connectivity index (χ2v) is 9.19. The first kappa shape index (κ1) is 30.9. The van der Waals surface area contributed by atoms with Crippen LogP contribution in [0.25, 0.3) is 11.3 Å². The minimum absolute atomic E-state index is 0.00254. The van der Waals surface area contributed by atoms with Gasteiger partial charge in [0.2, 0.25) is 5.91 Å². The number of carboxylic acid groups (broad SMARTS) is 1. The van der Waals surface area contributed by atoms with Gasteiger partial charge < -0.3 is 34.7 Å². The molecule has 13 heteroatoms. The van der Waals surface area contributed by atoms with Gasteiger partial charge in [-0.2, -0.15) is 0 Å². The Labute approximate surface area is 240 Å². The van der Waals surface area contributed by atoms with Crippen LogP contribution in [0.15, 0.2) is 59.0 Å². The Hall–Kier alpha value is -3.61. The van der Waals surface area contributed by atoms with Crippen molar-refractivity contribution in [3.05, 3.63) is 76.0 Å². The maximum Gasteiger partial charge on any atom is 0.407 e. The topological polar surface area (TPSA) is 159 Å². The highest BCUT2D eigenvalue weighted by Crippen LogP contribution is 2.31. The summed E-state index contributed by atoms with van der Waals surface area (Å²) >= 11 is 12.3. The van der Waals surface area contributed by atoms with E-state index in [1.54, 1.807) is 42.5 Å². The number of benzene rings is 2. The summed E-state index contributed by atoms with van der Waals surface area (Å²) in [6, 6.07) is 13.6. The summed E-state index contributed by atoms with van der Waals surface area (Å²) in [5.74, 6) is -0.695. The van der Waals surface area contributed by atoms with Gasteiger partial charge in [0.1, 0.15) is 18.1 Å². The number of nitrogens with one attached hydrogen (secondary N) is 3. The Bertz CT molecular complexity index is 1300. The summed E-state index contributed by atoms with van der Waals surface area (Å²) in [6.07, 6.45) is -0.553. The number of furan rings is 1. The number of para-hydroxylation sites is 1. The standard InChI is InChI=1S/C27H29Cl2N3O8/c28-17-5-7-21(29)20(15-17)24-8-6-18(40-24)16-31-23(9-10-30-27(37)39-14-13-38-12-11-33)25(34)32-22-4-2-1-3-19(22)26(35)36/h1-8,15,23,31,33H,9-14,16H2,(H,30,37)(H,32,34)(H,35,36). The number of carbonyl (C=O) groups is 3. The molecule has 5 N–H and O–H groups in total. The average molecular weight is 594 g/mol. The number of carboxylic acids is 1. The minimum Gasteiger partial charge on any atom is -0.478 e. The third kappa shape index (κ3) is 9.54. The first-order valence-corrected chi connectivity index (χ1v) is 13.0. The average Bonchev–Trinajstić information content (AvgIpc) is 3.40. The third-order valence-electron chi connectivity index (χ3n) is 5.51. The highest BCUT2D eigenvalue weighted by molar-refractivity contribution is 6.35. The van der Waals surface area contributed by atoms with Crippen molar-refractivity contribution in [1.29, 1.82) is 0 Å².